The first-order valence-electron chi connectivity index (χ1n) is 5.65. The van der Waals surface area contributed by atoms with Crippen molar-refractivity contribution >= 4 is 43.4 Å². The Morgan fingerprint density at radius 1 is 1.17 bits per heavy atom. The summed E-state index contributed by atoms with van der Waals surface area (Å²) in [7, 11) is 0. The summed E-state index contributed by atoms with van der Waals surface area (Å²) < 4.78 is 1.81. The number of aromatic nitrogens is 2. The van der Waals surface area contributed by atoms with Gasteiger partial charge in [-0.3, -0.25) is 0 Å². The predicted octanol–water partition coefficient (Wildman–Crippen LogP) is 4.62. The normalized spacial score (nSPS) is 10.4. The molecule has 0 unspecified atom stereocenters. The van der Waals surface area contributed by atoms with Gasteiger partial charge in [0.05, 0.1) is 5.69 Å². The summed E-state index contributed by atoms with van der Waals surface area (Å²) in [4.78, 5) is 8.73. The second-order valence-corrected chi connectivity index (χ2v) is 5.62. The maximum atomic E-state index is 4.45. The van der Waals surface area contributed by atoms with Crippen LogP contribution in [-0.4, -0.2) is 9.97 Å². The molecule has 1 aromatic carbocycles. The zero-order valence-electron chi connectivity index (χ0n) is 10.2. The number of anilines is 2. The first-order valence-corrected chi connectivity index (χ1v) is 7.23. The second kappa shape index (κ2) is 5.80. The van der Waals surface area contributed by atoms with E-state index in [1.54, 1.807) is 0 Å². The fourth-order valence-electron chi connectivity index (χ4n) is 1.56. The Morgan fingerprint density at radius 2 is 1.94 bits per heavy atom. The summed E-state index contributed by atoms with van der Waals surface area (Å²) in [6.07, 6.45) is 0.809. The van der Waals surface area contributed by atoms with Crippen molar-refractivity contribution in [2.75, 3.05) is 5.32 Å². The Labute approximate surface area is 123 Å². The second-order valence-electron chi connectivity index (χ2n) is 3.95. The molecule has 0 atom stereocenters. The van der Waals surface area contributed by atoms with E-state index in [4.69, 9.17) is 0 Å². The first-order chi connectivity index (χ1) is 8.58. The van der Waals surface area contributed by atoms with E-state index in [1.807, 2.05) is 19.1 Å². The Hall–Kier alpha value is -0.940. The number of halogens is 2. The van der Waals surface area contributed by atoms with E-state index in [-0.39, 0.29) is 0 Å². The van der Waals surface area contributed by atoms with Crippen molar-refractivity contribution < 1.29 is 0 Å². The molecule has 0 fully saturated rings. The molecule has 0 aliphatic rings. The van der Waals surface area contributed by atoms with Crippen LogP contribution < -0.4 is 5.32 Å². The van der Waals surface area contributed by atoms with Gasteiger partial charge < -0.3 is 5.32 Å². The van der Waals surface area contributed by atoms with E-state index in [1.165, 1.54) is 5.56 Å². The number of nitrogens with zero attached hydrogens (tertiary/aromatic N) is 2. The molecule has 0 spiro atoms. The number of benzene rings is 1. The number of hydrogen-bond acceptors (Lipinski definition) is 3. The van der Waals surface area contributed by atoms with Gasteiger partial charge in [-0.15, -0.1) is 0 Å². The summed E-state index contributed by atoms with van der Waals surface area (Å²) in [5, 5.41) is 3.30. The van der Waals surface area contributed by atoms with Gasteiger partial charge in [-0.2, -0.15) is 0 Å². The molecule has 0 saturated heterocycles. The topological polar surface area (TPSA) is 37.8 Å². The van der Waals surface area contributed by atoms with Gasteiger partial charge in [0.2, 0.25) is 0 Å². The van der Waals surface area contributed by atoms with Gasteiger partial charge in [0.1, 0.15) is 16.2 Å². The van der Waals surface area contributed by atoms with Crippen molar-refractivity contribution in [3.05, 3.63) is 44.7 Å². The molecule has 2 rings (SSSR count). The van der Waals surface area contributed by atoms with E-state index < -0.39 is 0 Å². The summed E-state index contributed by atoms with van der Waals surface area (Å²) in [5.41, 5.74) is 2.20. The van der Waals surface area contributed by atoms with Crippen LogP contribution >= 0.6 is 31.9 Å². The van der Waals surface area contributed by atoms with E-state index in [0.717, 1.165) is 32.8 Å². The van der Waals surface area contributed by atoms with Gasteiger partial charge in [0.15, 0.2) is 0 Å². The van der Waals surface area contributed by atoms with Crippen molar-refractivity contribution in [3.8, 4) is 0 Å². The van der Waals surface area contributed by atoms with Gasteiger partial charge in [-0.05, 0) is 56.5 Å². The number of nitrogens with one attached hydrogen (secondary N) is 1. The third-order valence-electron chi connectivity index (χ3n) is 2.44. The van der Waals surface area contributed by atoms with Crippen molar-refractivity contribution in [2.45, 2.75) is 20.3 Å². The van der Waals surface area contributed by atoms with Gasteiger partial charge in [0.25, 0.3) is 0 Å². The fourth-order valence-corrected chi connectivity index (χ4v) is 2.33. The lowest BCUT2D eigenvalue weighted by molar-refractivity contribution is 0.931. The summed E-state index contributed by atoms with van der Waals surface area (Å²) in [6, 6.07) is 8.02. The molecule has 0 bridgehead atoms. The zero-order valence-corrected chi connectivity index (χ0v) is 13.3. The maximum absolute atomic E-state index is 4.45. The quantitative estimate of drug-likeness (QED) is 0.801. The molecule has 0 amide bonds. The van der Waals surface area contributed by atoms with Crippen molar-refractivity contribution in [3.63, 3.8) is 0 Å². The molecule has 1 N–H and O–H groups in total. The van der Waals surface area contributed by atoms with Crippen molar-refractivity contribution in [1.29, 1.82) is 0 Å². The molecule has 94 valence electrons. The first kappa shape index (κ1) is 13.5. The lowest BCUT2D eigenvalue weighted by Gasteiger charge is -2.10. The molecule has 0 aliphatic heterocycles. The third-order valence-corrected chi connectivity index (χ3v) is 3.54. The molecule has 0 radical (unpaired) electrons. The van der Waals surface area contributed by atoms with Crippen molar-refractivity contribution in [1.82, 2.24) is 9.97 Å². The Balaban J connectivity index is 2.33. The standard InChI is InChI=1S/C13H13Br2N3/c1-3-12-17-11(15)7-13(18-12)16-10-6-8(2)4-5-9(10)14/h4-7H,3H2,1-2H3,(H,16,17,18). The largest absolute Gasteiger partial charge is 0.339 e. The lowest BCUT2D eigenvalue weighted by atomic mass is 10.2. The zero-order chi connectivity index (χ0) is 13.1. The SMILES string of the molecule is CCc1nc(Br)cc(Nc2cc(C)ccc2Br)n1. The molecule has 1 aromatic heterocycles. The minimum atomic E-state index is 0.792. The predicted molar refractivity (Wildman–Crippen MR) is 81.3 cm³/mol. The van der Waals surface area contributed by atoms with Gasteiger partial charge in [-0.1, -0.05) is 13.0 Å². The molecule has 3 nitrogen and oxygen atoms in total. The highest BCUT2D eigenvalue weighted by molar-refractivity contribution is 9.10. The lowest BCUT2D eigenvalue weighted by Crippen LogP contribution is -2.00. The Morgan fingerprint density at radius 3 is 2.67 bits per heavy atom. The Bertz CT molecular complexity index is 570. The van der Waals surface area contributed by atoms with Crippen LogP contribution in [0, 0.1) is 6.92 Å². The highest BCUT2D eigenvalue weighted by Gasteiger charge is 2.05. The third kappa shape index (κ3) is 3.29. The molecule has 5 heteroatoms. The number of hydrogen-bond donors (Lipinski definition) is 1. The van der Waals surface area contributed by atoms with E-state index in [0.29, 0.717) is 0 Å². The fraction of sp³-hybridized carbons (Fsp3) is 0.231. The molecular weight excluding hydrogens is 358 g/mol. The van der Waals surface area contributed by atoms with Crippen LogP contribution in [0.4, 0.5) is 11.5 Å². The van der Waals surface area contributed by atoms with Gasteiger partial charge in [-0.25, -0.2) is 9.97 Å². The average molecular weight is 371 g/mol. The van der Waals surface area contributed by atoms with E-state index >= 15 is 0 Å². The van der Waals surface area contributed by atoms with Crippen LogP contribution in [0.3, 0.4) is 0 Å². The van der Waals surface area contributed by atoms with Crippen LogP contribution in [-0.2, 0) is 6.42 Å². The van der Waals surface area contributed by atoms with E-state index in [2.05, 4.69) is 66.2 Å². The molecule has 1 heterocycles. The summed E-state index contributed by atoms with van der Waals surface area (Å²) >= 11 is 6.92. The molecule has 18 heavy (non-hydrogen) atoms. The summed E-state index contributed by atoms with van der Waals surface area (Å²) in [5.74, 6) is 1.61. The number of rotatable bonds is 3. The number of aryl methyl sites for hydroxylation is 2. The molecular formula is C13H13Br2N3. The van der Waals surface area contributed by atoms with Crippen LogP contribution in [0.1, 0.15) is 18.3 Å². The minimum Gasteiger partial charge on any atom is -0.339 e. The maximum Gasteiger partial charge on any atom is 0.135 e. The highest BCUT2D eigenvalue weighted by Crippen LogP contribution is 2.26. The van der Waals surface area contributed by atoms with Crippen LogP contribution in [0.25, 0.3) is 0 Å². The molecule has 0 aliphatic carbocycles. The van der Waals surface area contributed by atoms with E-state index in [9.17, 15) is 0 Å². The Kier molecular flexibility index (Phi) is 4.35. The van der Waals surface area contributed by atoms with Crippen LogP contribution in [0.5, 0.6) is 0 Å². The molecule has 2 aromatic rings. The van der Waals surface area contributed by atoms with Gasteiger partial charge >= 0.3 is 0 Å². The van der Waals surface area contributed by atoms with Crippen LogP contribution in [0.15, 0.2) is 33.3 Å². The van der Waals surface area contributed by atoms with Gasteiger partial charge in [0, 0.05) is 17.0 Å². The average Bonchev–Trinajstić information content (AvgIpc) is 2.33. The smallest absolute Gasteiger partial charge is 0.135 e. The highest BCUT2D eigenvalue weighted by atomic mass is 79.9. The molecule has 0 saturated carbocycles. The minimum absolute atomic E-state index is 0.792. The summed E-state index contributed by atoms with van der Waals surface area (Å²) in [6.45, 7) is 4.10. The monoisotopic (exact) mass is 369 g/mol. The van der Waals surface area contributed by atoms with Crippen molar-refractivity contribution in [2.24, 2.45) is 0 Å². The van der Waals surface area contributed by atoms with Crippen LogP contribution in [0.2, 0.25) is 0 Å².